The third kappa shape index (κ3) is 4.91. The minimum absolute atomic E-state index is 0.271. The molecule has 0 heterocycles. The lowest BCUT2D eigenvalue weighted by Crippen LogP contribution is -2.41. The maximum absolute atomic E-state index is 13.2. The van der Waals surface area contributed by atoms with Gasteiger partial charge in [-0.2, -0.15) is 17.2 Å². The van der Waals surface area contributed by atoms with Crippen LogP contribution in [0.15, 0.2) is 0 Å². The first-order chi connectivity index (χ1) is 12.0. The Morgan fingerprint density at radius 3 is 2.08 bits per heavy atom. The summed E-state index contributed by atoms with van der Waals surface area (Å²) >= 11 is 0. The van der Waals surface area contributed by atoms with Gasteiger partial charge in [0.15, 0.2) is 6.61 Å². The van der Waals surface area contributed by atoms with Gasteiger partial charge >= 0.3 is 27.3 Å². The number of rotatable bonds is 6. The molecular formula is C16H24F2O7S. The van der Waals surface area contributed by atoms with Gasteiger partial charge < -0.3 is 9.47 Å². The zero-order valence-electron chi connectivity index (χ0n) is 14.6. The van der Waals surface area contributed by atoms with Gasteiger partial charge in [-0.05, 0) is 45.4 Å². The van der Waals surface area contributed by atoms with Gasteiger partial charge in [0.05, 0.1) is 11.8 Å². The predicted octanol–water partition coefficient (Wildman–Crippen LogP) is 2.69. The maximum Gasteiger partial charge on any atom is 0.402 e. The number of esters is 2. The molecule has 2 rings (SSSR count). The number of carbonyl (C=O) groups excluding carboxylic acids is 2. The summed E-state index contributed by atoms with van der Waals surface area (Å²) in [4.78, 5) is 24.7. The van der Waals surface area contributed by atoms with E-state index < -0.39 is 51.4 Å². The van der Waals surface area contributed by atoms with Crippen molar-refractivity contribution in [2.24, 2.45) is 11.8 Å². The molecule has 150 valence electrons. The van der Waals surface area contributed by atoms with E-state index in [1.807, 2.05) is 6.92 Å². The van der Waals surface area contributed by atoms with Crippen LogP contribution in [-0.4, -0.2) is 42.4 Å². The van der Waals surface area contributed by atoms with Crippen molar-refractivity contribution in [3.63, 3.8) is 0 Å². The van der Waals surface area contributed by atoms with Gasteiger partial charge in [0.1, 0.15) is 5.60 Å². The van der Waals surface area contributed by atoms with Gasteiger partial charge in [0, 0.05) is 0 Å². The van der Waals surface area contributed by atoms with Gasteiger partial charge in [-0.1, -0.05) is 12.8 Å². The fourth-order valence-corrected chi connectivity index (χ4v) is 3.78. The molecule has 2 saturated carbocycles. The molecule has 0 aliphatic heterocycles. The molecule has 2 unspecified atom stereocenters. The largest absolute Gasteiger partial charge is 0.459 e. The van der Waals surface area contributed by atoms with E-state index in [1.165, 1.54) is 0 Å². The molecule has 0 bridgehead atoms. The van der Waals surface area contributed by atoms with Crippen molar-refractivity contribution in [2.75, 3.05) is 6.61 Å². The molecule has 0 saturated heterocycles. The molecule has 0 aromatic heterocycles. The highest BCUT2D eigenvalue weighted by atomic mass is 32.2. The number of alkyl halides is 2. The molecule has 0 aromatic rings. The van der Waals surface area contributed by atoms with Crippen LogP contribution in [0.1, 0.15) is 58.3 Å². The molecule has 0 amide bonds. The third-order valence-corrected chi connectivity index (χ3v) is 6.01. The average Bonchev–Trinajstić information content (AvgIpc) is 2.97. The molecule has 26 heavy (non-hydrogen) atoms. The van der Waals surface area contributed by atoms with Crippen molar-refractivity contribution in [3.8, 4) is 0 Å². The number of carbonyl (C=O) groups is 2. The predicted molar refractivity (Wildman–Crippen MR) is 85.9 cm³/mol. The molecule has 0 aromatic carbocycles. The standard InChI is InChI=1S/C16H24F2O7S/c1-15(8-4-5-9-15)25-14(20)12-7-3-2-6-11(12)13(19)24-10-16(17,18)26(21,22)23/h11-12H,2-10H2,1H3,(H,21,22,23). The fourth-order valence-electron chi connectivity index (χ4n) is 3.58. The van der Waals surface area contributed by atoms with E-state index in [2.05, 4.69) is 4.74 Å². The monoisotopic (exact) mass is 398 g/mol. The molecule has 10 heteroatoms. The Kier molecular flexibility index (Phi) is 6.27. The highest BCUT2D eigenvalue weighted by Gasteiger charge is 2.47. The normalized spacial score (nSPS) is 26.3. The van der Waals surface area contributed by atoms with Crippen molar-refractivity contribution in [3.05, 3.63) is 0 Å². The number of halogens is 2. The summed E-state index contributed by atoms with van der Waals surface area (Å²) in [7, 11) is -5.68. The second-order valence-electron chi connectivity index (χ2n) is 7.30. The van der Waals surface area contributed by atoms with Gasteiger partial charge in [0.2, 0.25) is 0 Å². The van der Waals surface area contributed by atoms with Crippen LogP contribution in [0.25, 0.3) is 0 Å². The number of ether oxygens (including phenoxy) is 2. The Bertz CT molecular complexity index is 641. The first-order valence-corrected chi connectivity index (χ1v) is 10.1. The highest BCUT2D eigenvalue weighted by Crippen LogP contribution is 2.37. The van der Waals surface area contributed by atoms with Gasteiger partial charge in [0.25, 0.3) is 0 Å². The van der Waals surface area contributed by atoms with Crippen LogP contribution in [0.2, 0.25) is 0 Å². The zero-order valence-corrected chi connectivity index (χ0v) is 15.4. The van der Waals surface area contributed by atoms with Crippen molar-refractivity contribution in [1.82, 2.24) is 0 Å². The Labute approximate surface area is 151 Å². The van der Waals surface area contributed by atoms with Crippen LogP contribution in [0.4, 0.5) is 8.78 Å². The minimum atomic E-state index is -5.68. The molecule has 2 aliphatic carbocycles. The lowest BCUT2D eigenvalue weighted by molar-refractivity contribution is -0.173. The molecule has 7 nitrogen and oxygen atoms in total. The van der Waals surface area contributed by atoms with Crippen LogP contribution in [0, 0.1) is 11.8 Å². The van der Waals surface area contributed by atoms with E-state index in [4.69, 9.17) is 9.29 Å². The highest BCUT2D eigenvalue weighted by molar-refractivity contribution is 7.86. The SMILES string of the molecule is CC1(OC(=O)C2CCCCC2C(=O)OCC(F)(F)S(=O)(=O)O)CCCC1. The summed E-state index contributed by atoms with van der Waals surface area (Å²) in [5, 5.41) is -4.59. The summed E-state index contributed by atoms with van der Waals surface area (Å²) in [6, 6.07) is 0. The maximum atomic E-state index is 13.2. The van der Waals surface area contributed by atoms with Crippen molar-refractivity contribution in [1.29, 1.82) is 0 Å². The summed E-state index contributed by atoms with van der Waals surface area (Å²) in [5.41, 5.74) is -0.568. The van der Waals surface area contributed by atoms with Crippen LogP contribution in [0.3, 0.4) is 0 Å². The molecule has 1 N–H and O–H groups in total. The second-order valence-corrected chi connectivity index (χ2v) is 8.84. The third-order valence-electron chi connectivity index (χ3n) is 5.14. The second kappa shape index (κ2) is 7.75. The first kappa shape index (κ1) is 21.0. The summed E-state index contributed by atoms with van der Waals surface area (Å²) in [5.74, 6) is -3.38. The quantitative estimate of drug-likeness (QED) is 0.541. The molecule has 0 spiro atoms. The molecular weight excluding hydrogens is 374 g/mol. The van der Waals surface area contributed by atoms with Crippen LogP contribution >= 0.6 is 0 Å². The summed E-state index contributed by atoms with van der Waals surface area (Å²) < 4.78 is 66.1. The van der Waals surface area contributed by atoms with E-state index in [1.54, 1.807) is 0 Å². The van der Waals surface area contributed by atoms with E-state index in [0.717, 1.165) is 25.7 Å². The van der Waals surface area contributed by atoms with Gasteiger partial charge in [-0.3, -0.25) is 14.1 Å². The van der Waals surface area contributed by atoms with Crippen LogP contribution in [-0.2, 0) is 29.2 Å². The summed E-state index contributed by atoms with van der Waals surface area (Å²) in [6.45, 7) is 0.0430. The molecule has 0 radical (unpaired) electrons. The molecule has 2 atom stereocenters. The van der Waals surface area contributed by atoms with E-state index >= 15 is 0 Å². The van der Waals surface area contributed by atoms with Crippen molar-refractivity contribution < 1.29 is 40.8 Å². The van der Waals surface area contributed by atoms with E-state index in [0.29, 0.717) is 19.3 Å². The lowest BCUT2D eigenvalue weighted by atomic mass is 9.79. The van der Waals surface area contributed by atoms with E-state index in [-0.39, 0.29) is 6.42 Å². The molecule has 2 aliphatic rings. The fraction of sp³-hybridized carbons (Fsp3) is 0.875. The Morgan fingerprint density at radius 1 is 1.08 bits per heavy atom. The van der Waals surface area contributed by atoms with Crippen LogP contribution < -0.4 is 0 Å². The van der Waals surface area contributed by atoms with Gasteiger partial charge in [-0.15, -0.1) is 0 Å². The first-order valence-electron chi connectivity index (χ1n) is 8.70. The van der Waals surface area contributed by atoms with E-state index in [9.17, 15) is 26.8 Å². The Hall–Kier alpha value is -1.29. The van der Waals surface area contributed by atoms with Crippen LogP contribution in [0.5, 0.6) is 0 Å². The van der Waals surface area contributed by atoms with Crippen molar-refractivity contribution >= 4 is 22.1 Å². The Balaban J connectivity index is 2.01. The zero-order chi connectivity index (χ0) is 19.6. The average molecular weight is 398 g/mol. The Morgan fingerprint density at radius 2 is 1.58 bits per heavy atom. The summed E-state index contributed by atoms with van der Waals surface area (Å²) in [6.07, 6.45) is 5.34. The lowest BCUT2D eigenvalue weighted by Gasteiger charge is -2.32. The number of hydrogen-bond donors (Lipinski definition) is 1. The smallest absolute Gasteiger partial charge is 0.402 e. The van der Waals surface area contributed by atoms with Gasteiger partial charge in [-0.25, -0.2) is 0 Å². The minimum Gasteiger partial charge on any atom is -0.459 e. The number of hydrogen-bond acceptors (Lipinski definition) is 6. The topological polar surface area (TPSA) is 107 Å². The van der Waals surface area contributed by atoms with Crippen molar-refractivity contribution in [2.45, 2.75) is 69.1 Å². The molecule has 2 fully saturated rings.